The lowest BCUT2D eigenvalue weighted by Crippen LogP contribution is -2.46. The molecule has 0 aromatic rings. The highest BCUT2D eigenvalue weighted by Gasteiger charge is 2.43. The van der Waals surface area contributed by atoms with Gasteiger partial charge < -0.3 is 14.9 Å². The number of hydrogen-bond donors (Lipinski definition) is 1. The van der Waals surface area contributed by atoms with E-state index in [4.69, 9.17) is 5.11 Å². The molecule has 0 radical (unpaired) electrons. The maximum absolute atomic E-state index is 12.3. The van der Waals surface area contributed by atoms with Crippen LogP contribution in [0.25, 0.3) is 0 Å². The van der Waals surface area contributed by atoms with Gasteiger partial charge in [0.05, 0.1) is 5.41 Å². The summed E-state index contributed by atoms with van der Waals surface area (Å²) in [5.41, 5.74) is -0.794. The zero-order valence-electron chi connectivity index (χ0n) is 11.9. The first-order valence-corrected chi connectivity index (χ1v) is 6.44. The number of aliphatic carboxylic acids is 1. The van der Waals surface area contributed by atoms with Crippen LogP contribution in [0.5, 0.6) is 0 Å². The molecule has 104 valence electrons. The fraction of sp³-hybridized carbons (Fsp3) is 0.846. The molecular formula is C13H24N2O3. The summed E-state index contributed by atoms with van der Waals surface area (Å²) >= 11 is 0. The largest absolute Gasteiger partial charge is 0.481 e. The molecule has 2 unspecified atom stereocenters. The third-order valence-corrected chi connectivity index (χ3v) is 4.14. The molecule has 0 spiro atoms. The van der Waals surface area contributed by atoms with E-state index in [2.05, 4.69) is 13.8 Å². The number of hydrogen-bond acceptors (Lipinski definition) is 2. The summed E-state index contributed by atoms with van der Waals surface area (Å²) in [7, 11) is 1.78. The molecule has 1 rings (SSSR count). The Labute approximate surface area is 109 Å². The van der Waals surface area contributed by atoms with Crippen LogP contribution in [-0.4, -0.2) is 53.1 Å². The van der Waals surface area contributed by atoms with Crippen LogP contribution < -0.4 is 0 Å². The summed E-state index contributed by atoms with van der Waals surface area (Å²) in [4.78, 5) is 26.8. The van der Waals surface area contributed by atoms with Gasteiger partial charge in [0.2, 0.25) is 0 Å². The SMILES string of the molecule is CC(C)C(C)N(C)C(=O)N1CCC(C)(C(=O)O)C1. The second-order valence-electron chi connectivity index (χ2n) is 5.92. The van der Waals surface area contributed by atoms with Crippen LogP contribution in [0.15, 0.2) is 0 Å². The van der Waals surface area contributed by atoms with Crippen LogP contribution in [0.4, 0.5) is 4.79 Å². The quantitative estimate of drug-likeness (QED) is 0.838. The van der Waals surface area contributed by atoms with Crippen molar-refractivity contribution in [1.29, 1.82) is 0 Å². The molecule has 1 fully saturated rings. The Morgan fingerprint density at radius 1 is 1.33 bits per heavy atom. The Morgan fingerprint density at radius 2 is 1.89 bits per heavy atom. The number of urea groups is 1. The summed E-state index contributed by atoms with van der Waals surface area (Å²) in [6.07, 6.45) is 0.526. The lowest BCUT2D eigenvalue weighted by atomic mass is 9.90. The smallest absolute Gasteiger partial charge is 0.320 e. The fourth-order valence-electron chi connectivity index (χ4n) is 2.14. The molecule has 0 saturated carbocycles. The molecule has 2 amide bonds. The molecule has 0 aromatic heterocycles. The molecule has 5 nitrogen and oxygen atoms in total. The third-order valence-electron chi connectivity index (χ3n) is 4.14. The van der Waals surface area contributed by atoms with E-state index in [1.54, 1.807) is 23.8 Å². The highest BCUT2D eigenvalue weighted by Crippen LogP contribution is 2.30. The van der Waals surface area contributed by atoms with Crippen molar-refractivity contribution in [2.75, 3.05) is 20.1 Å². The first-order chi connectivity index (χ1) is 8.19. The van der Waals surface area contributed by atoms with Crippen LogP contribution in [0.2, 0.25) is 0 Å². The van der Waals surface area contributed by atoms with E-state index in [-0.39, 0.29) is 12.1 Å². The van der Waals surface area contributed by atoms with Gasteiger partial charge in [0.25, 0.3) is 0 Å². The van der Waals surface area contributed by atoms with Gasteiger partial charge in [-0.1, -0.05) is 13.8 Å². The van der Waals surface area contributed by atoms with Crippen molar-refractivity contribution >= 4 is 12.0 Å². The Morgan fingerprint density at radius 3 is 2.28 bits per heavy atom. The number of carbonyl (C=O) groups excluding carboxylic acids is 1. The Balaban J connectivity index is 2.68. The van der Waals surface area contributed by atoms with E-state index < -0.39 is 11.4 Å². The van der Waals surface area contributed by atoms with Gasteiger partial charge in [-0.25, -0.2) is 4.79 Å². The van der Waals surface area contributed by atoms with Crippen molar-refractivity contribution in [3.63, 3.8) is 0 Å². The number of rotatable bonds is 3. The van der Waals surface area contributed by atoms with Gasteiger partial charge in [-0.3, -0.25) is 4.79 Å². The summed E-state index contributed by atoms with van der Waals surface area (Å²) in [5.74, 6) is -0.440. The van der Waals surface area contributed by atoms with Crippen molar-refractivity contribution < 1.29 is 14.7 Å². The molecule has 1 aliphatic heterocycles. The van der Waals surface area contributed by atoms with E-state index in [1.807, 2.05) is 6.92 Å². The minimum Gasteiger partial charge on any atom is -0.481 e. The van der Waals surface area contributed by atoms with Gasteiger partial charge in [0, 0.05) is 26.2 Å². The lowest BCUT2D eigenvalue weighted by Gasteiger charge is -2.32. The summed E-state index contributed by atoms with van der Waals surface area (Å²) in [5, 5.41) is 9.16. The lowest BCUT2D eigenvalue weighted by molar-refractivity contribution is -0.147. The normalized spacial score (nSPS) is 25.3. The van der Waals surface area contributed by atoms with Gasteiger partial charge in [-0.05, 0) is 26.2 Å². The number of likely N-dealkylation sites (tertiary alicyclic amines) is 1. The zero-order valence-corrected chi connectivity index (χ0v) is 11.9. The summed E-state index contributed by atoms with van der Waals surface area (Å²) in [6.45, 7) is 8.68. The van der Waals surface area contributed by atoms with Crippen LogP contribution in [-0.2, 0) is 4.79 Å². The van der Waals surface area contributed by atoms with E-state index in [1.165, 1.54) is 0 Å². The van der Waals surface area contributed by atoms with E-state index in [9.17, 15) is 9.59 Å². The second-order valence-corrected chi connectivity index (χ2v) is 5.92. The summed E-state index contributed by atoms with van der Waals surface area (Å²) < 4.78 is 0. The predicted octanol–water partition coefficient (Wildman–Crippen LogP) is 1.88. The molecule has 1 aliphatic rings. The predicted molar refractivity (Wildman–Crippen MR) is 69.4 cm³/mol. The monoisotopic (exact) mass is 256 g/mol. The maximum atomic E-state index is 12.3. The molecule has 5 heteroatoms. The van der Waals surface area contributed by atoms with Gasteiger partial charge in [-0.2, -0.15) is 0 Å². The van der Waals surface area contributed by atoms with Crippen LogP contribution >= 0.6 is 0 Å². The van der Waals surface area contributed by atoms with Crippen LogP contribution in [0.3, 0.4) is 0 Å². The molecule has 1 heterocycles. The van der Waals surface area contributed by atoms with E-state index >= 15 is 0 Å². The Kier molecular flexibility index (Phi) is 4.24. The molecule has 1 N–H and O–H groups in total. The van der Waals surface area contributed by atoms with Crippen molar-refractivity contribution in [3.8, 4) is 0 Å². The highest BCUT2D eigenvalue weighted by molar-refractivity contribution is 5.79. The third kappa shape index (κ3) is 2.76. The van der Waals surface area contributed by atoms with Crippen molar-refractivity contribution in [3.05, 3.63) is 0 Å². The molecule has 0 bridgehead atoms. The van der Waals surface area contributed by atoms with Crippen molar-refractivity contribution in [1.82, 2.24) is 9.80 Å². The van der Waals surface area contributed by atoms with Gasteiger partial charge in [0.1, 0.15) is 0 Å². The molecule has 0 aliphatic carbocycles. The van der Waals surface area contributed by atoms with Gasteiger partial charge >= 0.3 is 12.0 Å². The number of carboxylic acids is 1. The second kappa shape index (κ2) is 5.16. The Hall–Kier alpha value is -1.26. The molecule has 0 aromatic carbocycles. The first-order valence-electron chi connectivity index (χ1n) is 6.44. The van der Waals surface area contributed by atoms with Crippen molar-refractivity contribution in [2.45, 2.75) is 40.2 Å². The number of carboxylic acid groups (broad SMARTS) is 1. The van der Waals surface area contributed by atoms with Crippen LogP contribution in [0, 0.1) is 11.3 Å². The van der Waals surface area contributed by atoms with E-state index in [0.717, 1.165) is 0 Å². The van der Waals surface area contributed by atoms with Gasteiger partial charge in [-0.15, -0.1) is 0 Å². The standard InChI is InChI=1S/C13H24N2O3/c1-9(2)10(3)14(5)12(18)15-7-6-13(4,8-15)11(16)17/h9-10H,6-8H2,1-5H3,(H,16,17). The zero-order chi connectivity index (χ0) is 14.1. The molecule has 1 saturated heterocycles. The molecular weight excluding hydrogens is 232 g/mol. The number of nitrogens with zero attached hydrogens (tertiary/aromatic N) is 2. The van der Waals surface area contributed by atoms with Gasteiger partial charge in [0.15, 0.2) is 0 Å². The van der Waals surface area contributed by atoms with E-state index in [0.29, 0.717) is 25.4 Å². The average Bonchev–Trinajstić information content (AvgIpc) is 2.70. The molecule has 2 atom stereocenters. The minimum atomic E-state index is -0.822. The average molecular weight is 256 g/mol. The van der Waals surface area contributed by atoms with Crippen molar-refractivity contribution in [2.24, 2.45) is 11.3 Å². The first kappa shape index (κ1) is 14.8. The maximum Gasteiger partial charge on any atom is 0.320 e. The number of carbonyl (C=O) groups is 2. The fourth-order valence-corrected chi connectivity index (χ4v) is 2.14. The highest BCUT2D eigenvalue weighted by atomic mass is 16.4. The number of amides is 2. The van der Waals surface area contributed by atoms with Crippen LogP contribution in [0.1, 0.15) is 34.1 Å². The summed E-state index contributed by atoms with van der Waals surface area (Å²) in [6, 6.07) is 0.0790. The minimum absolute atomic E-state index is 0.0684. The topological polar surface area (TPSA) is 60.9 Å². The molecule has 18 heavy (non-hydrogen) atoms. The Bertz CT molecular complexity index is 343.